The van der Waals surface area contributed by atoms with Gasteiger partial charge in [-0.25, -0.2) is 0 Å². The molecule has 0 amide bonds. The zero-order chi connectivity index (χ0) is 13.5. The Morgan fingerprint density at radius 1 is 1.35 bits per heavy atom. The van der Waals surface area contributed by atoms with Crippen LogP contribution >= 0.6 is 0 Å². The van der Waals surface area contributed by atoms with Gasteiger partial charge in [-0.05, 0) is 32.2 Å². The summed E-state index contributed by atoms with van der Waals surface area (Å²) in [6.45, 7) is 1.83. The van der Waals surface area contributed by atoms with E-state index in [0.29, 0.717) is 12.0 Å². The molecule has 1 aliphatic heterocycles. The smallest absolute Gasteiger partial charge is 0.240 e. The van der Waals surface area contributed by atoms with E-state index in [2.05, 4.69) is 26.3 Å². The molecule has 6 heteroatoms. The molecule has 0 spiro atoms. The van der Waals surface area contributed by atoms with Gasteiger partial charge in [-0.1, -0.05) is 5.16 Å². The van der Waals surface area contributed by atoms with Crippen LogP contribution in [0.1, 0.15) is 54.9 Å². The first-order valence-corrected chi connectivity index (χ1v) is 7.34. The van der Waals surface area contributed by atoms with Crippen LogP contribution < -0.4 is 0 Å². The van der Waals surface area contributed by atoms with Crippen LogP contribution in [0.25, 0.3) is 0 Å². The highest BCUT2D eigenvalue weighted by Crippen LogP contribution is 2.38. The fourth-order valence-electron chi connectivity index (χ4n) is 3.02. The number of hydrogen-bond donors (Lipinski definition) is 0. The fraction of sp³-hybridized carbons (Fsp3) is 0.643. The molecule has 1 atom stereocenters. The van der Waals surface area contributed by atoms with E-state index in [-0.39, 0.29) is 0 Å². The molecule has 3 heterocycles. The highest BCUT2D eigenvalue weighted by atomic mass is 16.5. The largest absolute Gasteiger partial charge is 0.338 e. The summed E-state index contributed by atoms with van der Waals surface area (Å²) in [6.07, 6.45) is 8.87. The summed E-state index contributed by atoms with van der Waals surface area (Å²) in [6, 6.07) is 0.431. The highest BCUT2D eigenvalue weighted by molar-refractivity contribution is 5.12. The lowest BCUT2D eigenvalue weighted by Gasteiger charge is -2.21. The van der Waals surface area contributed by atoms with Gasteiger partial charge in [0.15, 0.2) is 5.82 Å². The number of nitrogens with zero attached hydrogens (tertiary/aromatic N) is 5. The zero-order valence-corrected chi connectivity index (χ0v) is 11.7. The average molecular weight is 273 g/mol. The molecule has 1 saturated carbocycles. The van der Waals surface area contributed by atoms with E-state index in [1.165, 1.54) is 31.2 Å². The van der Waals surface area contributed by atoms with E-state index in [9.17, 15) is 0 Å². The Morgan fingerprint density at radius 3 is 3.00 bits per heavy atom. The molecule has 2 aromatic rings. The van der Waals surface area contributed by atoms with Crippen molar-refractivity contribution in [3.8, 4) is 0 Å². The second-order valence-corrected chi connectivity index (χ2v) is 5.90. The van der Waals surface area contributed by atoms with E-state index in [4.69, 9.17) is 4.52 Å². The standard InChI is InChI=1S/C14H19N5O/c1-18-8-11(7-15-18)12-3-2-6-19(12)9-13-16-14(17-20-13)10-4-5-10/h7-8,10,12H,2-6,9H2,1H3/t12-/m0/s1. The Labute approximate surface area is 117 Å². The van der Waals surface area contributed by atoms with Gasteiger partial charge >= 0.3 is 0 Å². The minimum absolute atomic E-state index is 0.431. The highest BCUT2D eigenvalue weighted by Gasteiger charge is 2.31. The van der Waals surface area contributed by atoms with E-state index in [1.54, 1.807) is 0 Å². The lowest BCUT2D eigenvalue weighted by molar-refractivity contribution is 0.212. The van der Waals surface area contributed by atoms with E-state index in [1.807, 2.05) is 17.9 Å². The molecule has 0 N–H and O–H groups in total. The summed E-state index contributed by atoms with van der Waals surface area (Å²) in [5.41, 5.74) is 1.28. The number of likely N-dealkylation sites (tertiary alicyclic amines) is 1. The summed E-state index contributed by atoms with van der Waals surface area (Å²) in [5.74, 6) is 2.21. The first-order chi connectivity index (χ1) is 9.79. The second-order valence-electron chi connectivity index (χ2n) is 5.90. The summed E-state index contributed by atoms with van der Waals surface area (Å²) >= 11 is 0. The van der Waals surface area contributed by atoms with Gasteiger partial charge in [0.05, 0.1) is 12.7 Å². The third kappa shape index (κ3) is 2.24. The van der Waals surface area contributed by atoms with Gasteiger partial charge < -0.3 is 4.52 Å². The maximum Gasteiger partial charge on any atom is 0.240 e. The van der Waals surface area contributed by atoms with Crippen molar-refractivity contribution in [2.75, 3.05) is 6.54 Å². The van der Waals surface area contributed by atoms with Crippen LogP contribution in [0, 0.1) is 0 Å². The van der Waals surface area contributed by atoms with Gasteiger partial charge in [-0.3, -0.25) is 9.58 Å². The molecule has 4 rings (SSSR count). The zero-order valence-electron chi connectivity index (χ0n) is 11.7. The molecule has 20 heavy (non-hydrogen) atoms. The Bertz CT molecular complexity index is 600. The van der Waals surface area contributed by atoms with Crippen molar-refractivity contribution >= 4 is 0 Å². The first-order valence-electron chi connectivity index (χ1n) is 7.34. The van der Waals surface area contributed by atoms with Gasteiger partial charge in [0.25, 0.3) is 0 Å². The predicted molar refractivity (Wildman–Crippen MR) is 71.9 cm³/mol. The van der Waals surface area contributed by atoms with Crippen LogP contribution in [-0.4, -0.2) is 31.4 Å². The van der Waals surface area contributed by atoms with Crippen LogP contribution in [0.2, 0.25) is 0 Å². The molecular formula is C14H19N5O. The van der Waals surface area contributed by atoms with Crippen molar-refractivity contribution in [3.05, 3.63) is 29.7 Å². The molecule has 2 aliphatic rings. The average Bonchev–Trinajstić information content (AvgIpc) is 2.86. The van der Waals surface area contributed by atoms with E-state index in [0.717, 1.165) is 24.8 Å². The Kier molecular flexibility index (Phi) is 2.84. The molecule has 0 aromatic carbocycles. The molecule has 0 unspecified atom stereocenters. The molecule has 6 nitrogen and oxygen atoms in total. The van der Waals surface area contributed by atoms with E-state index < -0.39 is 0 Å². The topological polar surface area (TPSA) is 60.0 Å². The monoisotopic (exact) mass is 273 g/mol. The molecule has 1 saturated heterocycles. The molecular weight excluding hydrogens is 254 g/mol. The Morgan fingerprint density at radius 2 is 2.25 bits per heavy atom. The van der Waals surface area contributed by atoms with E-state index >= 15 is 0 Å². The SMILES string of the molecule is Cn1cc([C@@H]2CCCN2Cc2nc(C3CC3)no2)cn1. The minimum Gasteiger partial charge on any atom is -0.338 e. The number of aryl methyl sites for hydroxylation is 1. The maximum atomic E-state index is 5.39. The van der Waals surface area contributed by atoms with Crippen molar-refractivity contribution in [3.63, 3.8) is 0 Å². The molecule has 0 radical (unpaired) electrons. The third-order valence-electron chi connectivity index (χ3n) is 4.24. The summed E-state index contributed by atoms with van der Waals surface area (Å²) in [7, 11) is 1.96. The van der Waals surface area contributed by atoms with Crippen LogP contribution in [-0.2, 0) is 13.6 Å². The molecule has 0 bridgehead atoms. The van der Waals surface area contributed by atoms with Crippen LogP contribution in [0.4, 0.5) is 0 Å². The van der Waals surface area contributed by atoms with Gasteiger partial charge in [0, 0.05) is 30.8 Å². The molecule has 2 aromatic heterocycles. The van der Waals surface area contributed by atoms with Gasteiger partial charge in [0.2, 0.25) is 5.89 Å². The maximum absolute atomic E-state index is 5.39. The molecule has 106 valence electrons. The van der Waals surface area contributed by atoms with Crippen molar-refractivity contribution < 1.29 is 4.52 Å². The first kappa shape index (κ1) is 12.1. The van der Waals surface area contributed by atoms with Crippen molar-refractivity contribution in [1.82, 2.24) is 24.8 Å². The Balaban J connectivity index is 1.48. The van der Waals surface area contributed by atoms with Crippen LogP contribution in [0.15, 0.2) is 16.9 Å². The number of aromatic nitrogens is 4. The van der Waals surface area contributed by atoms with Crippen molar-refractivity contribution in [1.29, 1.82) is 0 Å². The quantitative estimate of drug-likeness (QED) is 0.853. The summed E-state index contributed by atoms with van der Waals surface area (Å²) in [5, 5.41) is 8.37. The summed E-state index contributed by atoms with van der Waals surface area (Å²) in [4.78, 5) is 6.95. The predicted octanol–water partition coefficient (Wildman–Crippen LogP) is 2.02. The van der Waals surface area contributed by atoms with Gasteiger partial charge in [-0.2, -0.15) is 10.1 Å². The normalized spacial score (nSPS) is 23.6. The van der Waals surface area contributed by atoms with Crippen molar-refractivity contribution in [2.45, 2.75) is 44.2 Å². The minimum atomic E-state index is 0.431. The number of rotatable bonds is 4. The van der Waals surface area contributed by atoms with Gasteiger partial charge in [-0.15, -0.1) is 0 Å². The number of hydrogen-bond acceptors (Lipinski definition) is 5. The van der Waals surface area contributed by atoms with Crippen molar-refractivity contribution in [2.24, 2.45) is 7.05 Å². The third-order valence-corrected chi connectivity index (χ3v) is 4.24. The lowest BCUT2D eigenvalue weighted by Crippen LogP contribution is -2.22. The summed E-state index contributed by atoms with van der Waals surface area (Å²) < 4.78 is 7.26. The lowest BCUT2D eigenvalue weighted by atomic mass is 10.1. The Hall–Kier alpha value is -1.69. The fourth-order valence-corrected chi connectivity index (χ4v) is 3.02. The molecule has 1 aliphatic carbocycles. The van der Waals surface area contributed by atoms with Crippen LogP contribution in [0.5, 0.6) is 0 Å². The van der Waals surface area contributed by atoms with Crippen LogP contribution in [0.3, 0.4) is 0 Å². The molecule has 2 fully saturated rings. The second kappa shape index (κ2) is 4.70. The van der Waals surface area contributed by atoms with Gasteiger partial charge in [0.1, 0.15) is 0 Å².